The monoisotopic (exact) mass is 510 g/mol. The number of likely N-dealkylation sites (tertiary alicyclic amines) is 1. The SMILES string of the molecule is Cc1cc(-c2ccc(C3CCc4ccc([C@H](C5CC5)[C@H](C)C(=O)O)cc4O3)c(CN3CCCC3)c2)ccn1. The van der Waals surface area contributed by atoms with Crippen LogP contribution in [0.15, 0.2) is 54.7 Å². The molecule has 5 nitrogen and oxygen atoms in total. The highest BCUT2D eigenvalue weighted by Gasteiger charge is 2.39. The van der Waals surface area contributed by atoms with E-state index in [4.69, 9.17) is 4.74 Å². The number of hydrogen-bond acceptors (Lipinski definition) is 4. The minimum absolute atomic E-state index is 0.000138. The van der Waals surface area contributed by atoms with Gasteiger partial charge in [-0.05, 0) is 128 Å². The van der Waals surface area contributed by atoms with Crippen molar-refractivity contribution in [2.75, 3.05) is 13.1 Å². The topological polar surface area (TPSA) is 62.7 Å². The van der Waals surface area contributed by atoms with Gasteiger partial charge in [-0.2, -0.15) is 0 Å². The standard InChI is InChI=1S/C33H38N2O3/c1-21-17-26(13-14-34-21)25-9-11-29(28(18-25)20-35-15-3-4-16-35)30-12-10-23-5-8-27(19-31(23)38-30)32(24-6-7-24)22(2)33(36)37/h5,8-9,11,13-14,17-19,22,24,30,32H,3-4,6-7,10,12,15-16,20H2,1-2H3,(H,36,37)/t22-,30?,32-/m0/s1. The first-order valence-electron chi connectivity index (χ1n) is 14.3. The number of aromatic nitrogens is 1. The van der Waals surface area contributed by atoms with Crippen LogP contribution >= 0.6 is 0 Å². The Morgan fingerprint density at radius 1 is 1.05 bits per heavy atom. The molecule has 6 rings (SSSR count). The first-order chi connectivity index (χ1) is 18.5. The van der Waals surface area contributed by atoms with Gasteiger partial charge in [-0.1, -0.05) is 31.2 Å². The summed E-state index contributed by atoms with van der Waals surface area (Å²) in [4.78, 5) is 18.8. The fraction of sp³-hybridized carbons (Fsp3) is 0.455. The zero-order valence-electron chi connectivity index (χ0n) is 22.5. The Morgan fingerprint density at radius 3 is 2.58 bits per heavy atom. The molecule has 0 amide bonds. The third-order valence-corrected chi connectivity index (χ3v) is 8.79. The van der Waals surface area contributed by atoms with Crippen molar-refractivity contribution in [1.82, 2.24) is 9.88 Å². The second-order valence-corrected chi connectivity index (χ2v) is 11.6. The maximum Gasteiger partial charge on any atom is 0.306 e. The van der Waals surface area contributed by atoms with E-state index in [0.29, 0.717) is 5.92 Å². The van der Waals surface area contributed by atoms with E-state index < -0.39 is 11.9 Å². The highest BCUT2D eigenvalue weighted by atomic mass is 16.5. The molecule has 0 radical (unpaired) electrons. The Hall–Kier alpha value is -3.18. The summed E-state index contributed by atoms with van der Waals surface area (Å²) in [6.07, 6.45) is 8.58. The van der Waals surface area contributed by atoms with Gasteiger partial charge in [-0.25, -0.2) is 0 Å². The summed E-state index contributed by atoms with van der Waals surface area (Å²) in [5.74, 6) is 0.347. The third-order valence-electron chi connectivity index (χ3n) is 8.79. The number of carboxylic acid groups (broad SMARTS) is 1. The molecule has 1 N–H and O–H groups in total. The summed E-state index contributed by atoms with van der Waals surface area (Å²) in [5.41, 5.74) is 8.41. The zero-order valence-corrected chi connectivity index (χ0v) is 22.5. The van der Waals surface area contributed by atoms with Gasteiger partial charge >= 0.3 is 5.97 Å². The molecule has 2 aromatic carbocycles. The molecule has 0 bridgehead atoms. The highest BCUT2D eigenvalue weighted by molar-refractivity contribution is 5.71. The van der Waals surface area contributed by atoms with Gasteiger partial charge in [0, 0.05) is 18.4 Å². The predicted molar refractivity (Wildman–Crippen MR) is 149 cm³/mol. The van der Waals surface area contributed by atoms with Crippen LogP contribution in [0.5, 0.6) is 5.75 Å². The van der Waals surface area contributed by atoms with Gasteiger partial charge in [-0.15, -0.1) is 0 Å². The van der Waals surface area contributed by atoms with Crippen LogP contribution in [0.2, 0.25) is 0 Å². The molecule has 3 aliphatic rings. The van der Waals surface area contributed by atoms with E-state index in [1.807, 2.05) is 20.0 Å². The molecule has 3 atom stereocenters. The first-order valence-corrected chi connectivity index (χ1v) is 14.3. The van der Waals surface area contributed by atoms with E-state index in [2.05, 4.69) is 58.4 Å². The average molecular weight is 511 g/mol. The van der Waals surface area contributed by atoms with E-state index in [9.17, 15) is 9.90 Å². The van der Waals surface area contributed by atoms with Gasteiger partial charge in [0.1, 0.15) is 11.9 Å². The lowest BCUT2D eigenvalue weighted by Gasteiger charge is -2.30. The maximum atomic E-state index is 11.9. The molecular formula is C33H38N2O3. The number of aryl methyl sites for hydroxylation is 2. The number of nitrogens with zero attached hydrogens (tertiary/aromatic N) is 2. The lowest BCUT2D eigenvalue weighted by Crippen LogP contribution is -2.23. The van der Waals surface area contributed by atoms with Crippen molar-refractivity contribution in [1.29, 1.82) is 0 Å². The number of aliphatic carboxylic acids is 1. The lowest BCUT2D eigenvalue weighted by atomic mass is 9.82. The van der Waals surface area contributed by atoms with E-state index >= 15 is 0 Å². The number of carboxylic acids is 1. The fourth-order valence-electron chi connectivity index (χ4n) is 6.53. The Labute approximate surface area is 225 Å². The molecule has 5 heteroatoms. The van der Waals surface area contributed by atoms with Crippen molar-refractivity contribution in [3.05, 3.63) is 82.7 Å². The summed E-state index contributed by atoms with van der Waals surface area (Å²) >= 11 is 0. The normalized spacial score (nSPS) is 20.9. The van der Waals surface area contributed by atoms with Crippen molar-refractivity contribution in [3.63, 3.8) is 0 Å². The lowest BCUT2D eigenvalue weighted by molar-refractivity contribution is -0.142. The zero-order chi connectivity index (χ0) is 26.2. The Balaban J connectivity index is 1.31. The molecule has 1 aromatic heterocycles. The molecule has 198 valence electrons. The second kappa shape index (κ2) is 10.5. The van der Waals surface area contributed by atoms with Crippen LogP contribution < -0.4 is 4.74 Å². The van der Waals surface area contributed by atoms with Crippen LogP contribution in [0.4, 0.5) is 0 Å². The smallest absolute Gasteiger partial charge is 0.306 e. The van der Waals surface area contributed by atoms with Gasteiger partial charge in [-0.3, -0.25) is 14.7 Å². The largest absolute Gasteiger partial charge is 0.485 e. The molecule has 1 aliphatic carbocycles. The van der Waals surface area contributed by atoms with Gasteiger partial charge in [0.15, 0.2) is 0 Å². The van der Waals surface area contributed by atoms with Crippen molar-refractivity contribution in [2.24, 2.45) is 11.8 Å². The third kappa shape index (κ3) is 5.22. The van der Waals surface area contributed by atoms with Gasteiger partial charge in [0.2, 0.25) is 0 Å². The van der Waals surface area contributed by atoms with E-state index in [1.165, 1.54) is 40.7 Å². The van der Waals surface area contributed by atoms with Crippen LogP contribution in [0.25, 0.3) is 11.1 Å². The van der Waals surface area contributed by atoms with Crippen LogP contribution in [0.3, 0.4) is 0 Å². The molecule has 0 spiro atoms. The summed E-state index contributed by atoms with van der Waals surface area (Å²) in [5, 5.41) is 9.75. The van der Waals surface area contributed by atoms with Gasteiger partial charge < -0.3 is 9.84 Å². The van der Waals surface area contributed by atoms with Crippen LogP contribution in [0, 0.1) is 18.8 Å². The minimum atomic E-state index is -0.713. The molecule has 38 heavy (non-hydrogen) atoms. The number of rotatable bonds is 8. The quantitative estimate of drug-likeness (QED) is 0.356. The Kier molecular flexibility index (Phi) is 6.96. The summed E-state index contributed by atoms with van der Waals surface area (Å²) < 4.78 is 6.74. The van der Waals surface area contributed by atoms with E-state index in [1.54, 1.807) is 0 Å². The van der Waals surface area contributed by atoms with Crippen molar-refractivity contribution in [3.8, 4) is 16.9 Å². The van der Waals surface area contributed by atoms with Crippen LogP contribution in [-0.4, -0.2) is 34.0 Å². The second-order valence-electron chi connectivity index (χ2n) is 11.6. The first kappa shape index (κ1) is 25.1. The summed E-state index contributed by atoms with van der Waals surface area (Å²) in [6.45, 7) is 7.14. The molecule has 1 saturated carbocycles. The van der Waals surface area contributed by atoms with E-state index in [-0.39, 0.29) is 12.0 Å². The number of benzene rings is 2. The van der Waals surface area contributed by atoms with Gasteiger partial charge in [0.05, 0.1) is 5.92 Å². The number of hydrogen-bond donors (Lipinski definition) is 1. The number of fused-ring (bicyclic) bond motifs is 1. The fourth-order valence-corrected chi connectivity index (χ4v) is 6.53. The minimum Gasteiger partial charge on any atom is -0.485 e. The predicted octanol–water partition coefficient (Wildman–Crippen LogP) is 6.93. The van der Waals surface area contributed by atoms with Crippen LogP contribution in [0.1, 0.15) is 79.0 Å². The summed E-state index contributed by atoms with van der Waals surface area (Å²) in [6, 6.07) is 17.6. The maximum absolute atomic E-state index is 11.9. The number of carbonyl (C=O) groups is 1. The Morgan fingerprint density at radius 2 is 1.84 bits per heavy atom. The molecule has 1 unspecified atom stereocenters. The molecule has 2 fully saturated rings. The molecule has 2 aliphatic heterocycles. The highest BCUT2D eigenvalue weighted by Crippen LogP contribution is 2.48. The molecule has 3 heterocycles. The Bertz CT molecular complexity index is 1330. The van der Waals surface area contributed by atoms with Crippen LogP contribution in [-0.2, 0) is 17.8 Å². The molecular weight excluding hydrogens is 472 g/mol. The number of pyridine rings is 1. The average Bonchev–Trinajstić information content (AvgIpc) is 3.62. The van der Waals surface area contributed by atoms with Crippen molar-refractivity contribution < 1.29 is 14.6 Å². The van der Waals surface area contributed by atoms with Gasteiger partial charge in [0.25, 0.3) is 0 Å². The molecule has 1 saturated heterocycles. The van der Waals surface area contributed by atoms with E-state index in [0.717, 1.165) is 62.3 Å². The number of ether oxygens (including phenoxy) is 1. The van der Waals surface area contributed by atoms with Crippen molar-refractivity contribution >= 4 is 5.97 Å². The van der Waals surface area contributed by atoms with Crippen molar-refractivity contribution in [2.45, 2.75) is 70.9 Å². The molecule has 3 aromatic rings. The summed E-state index contributed by atoms with van der Waals surface area (Å²) in [7, 11) is 0.